The first kappa shape index (κ1) is 16.7. The second-order valence-electron chi connectivity index (χ2n) is 5.12. The number of halogens is 3. The summed E-state index contributed by atoms with van der Waals surface area (Å²) in [7, 11) is 0. The Balaban J connectivity index is 2.69. The third-order valence-electron chi connectivity index (χ3n) is 2.08. The Hall–Kier alpha value is -1.33. The lowest BCUT2D eigenvalue weighted by atomic mass is 10.1. The van der Waals surface area contributed by atoms with Crippen molar-refractivity contribution in [2.45, 2.75) is 26.3 Å². The van der Waals surface area contributed by atoms with Crippen LogP contribution in [0.1, 0.15) is 31.1 Å². The monoisotopic (exact) mass is 321 g/mol. The number of hydrogen-bond donors (Lipinski definition) is 1. The predicted octanol–water partition coefficient (Wildman–Crippen LogP) is 3.20. The van der Waals surface area contributed by atoms with Gasteiger partial charge in [0.15, 0.2) is 6.61 Å². The van der Waals surface area contributed by atoms with Crippen LogP contribution in [0.15, 0.2) is 12.1 Å². The largest absolute Gasteiger partial charge is 0.452 e. The molecule has 0 bridgehead atoms. The molecule has 0 aromatic heterocycles. The summed E-state index contributed by atoms with van der Waals surface area (Å²) in [5.41, 5.74) is -0.620. The summed E-state index contributed by atoms with van der Waals surface area (Å²) in [4.78, 5) is 23.2. The minimum absolute atomic E-state index is 0.0439. The van der Waals surface area contributed by atoms with E-state index in [4.69, 9.17) is 27.9 Å². The second-order valence-corrected chi connectivity index (χ2v) is 5.93. The van der Waals surface area contributed by atoms with Crippen LogP contribution in [-0.4, -0.2) is 24.0 Å². The number of nitrogens with one attached hydrogen (secondary N) is 1. The quantitative estimate of drug-likeness (QED) is 0.687. The van der Waals surface area contributed by atoms with Crippen molar-refractivity contribution in [2.75, 3.05) is 6.61 Å². The third kappa shape index (κ3) is 4.98. The topological polar surface area (TPSA) is 55.4 Å². The highest BCUT2D eigenvalue weighted by Crippen LogP contribution is 2.24. The Bertz CT molecular complexity index is 541. The van der Waals surface area contributed by atoms with Crippen molar-refractivity contribution in [3.63, 3.8) is 0 Å². The van der Waals surface area contributed by atoms with Crippen molar-refractivity contribution in [2.24, 2.45) is 0 Å². The molecule has 20 heavy (non-hydrogen) atoms. The summed E-state index contributed by atoms with van der Waals surface area (Å²) in [5.74, 6) is -2.15. The van der Waals surface area contributed by atoms with Crippen molar-refractivity contribution in [1.29, 1.82) is 0 Å². The summed E-state index contributed by atoms with van der Waals surface area (Å²) in [6.45, 7) is 4.89. The molecule has 7 heteroatoms. The molecule has 0 atom stereocenters. The standard InChI is InChI=1S/C13H14Cl2FNO3/c1-13(2,3)17-11(18)6-20-12(19)7-4-10(16)9(15)5-8(7)14/h4-5H,6H2,1-3H3,(H,17,18). The third-order valence-corrected chi connectivity index (χ3v) is 2.68. The van der Waals surface area contributed by atoms with Crippen LogP contribution >= 0.6 is 23.2 Å². The molecule has 4 nitrogen and oxygen atoms in total. The fourth-order valence-corrected chi connectivity index (χ4v) is 1.80. The Morgan fingerprint density at radius 1 is 1.25 bits per heavy atom. The molecule has 0 saturated carbocycles. The molecule has 0 fully saturated rings. The van der Waals surface area contributed by atoms with Gasteiger partial charge in [0.05, 0.1) is 15.6 Å². The zero-order valence-electron chi connectivity index (χ0n) is 11.2. The van der Waals surface area contributed by atoms with Crippen LogP contribution in [0, 0.1) is 5.82 Å². The van der Waals surface area contributed by atoms with E-state index in [1.807, 2.05) is 0 Å². The van der Waals surface area contributed by atoms with E-state index >= 15 is 0 Å². The summed E-state index contributed by atoms with van der Waals surface area (Å²) in [5, 5.41) is 2.38. The fourth-order valence-electron chi connectivity index (χ4n) is 1.34. The molecule has 0 aliphatic rings. The van der Waals surface area contributed by atoms with Crippen LogP contribution in [0.25, 0.3) is 0 Å². The lowest BCUT2D eigenvalue weighted by Crippen LogP contribution is -2.42. The first-order valence-corrected chi connectivity index (χ1v) is 6.48. The van der Waals surface area contributed by atoms with Crippen molar-refractivity contribution >= 4 is 35.1 Å². The summed E-state index contributed by atoms with van der Waals surface area (Å²) < 4.78 is 18.0. The Morgan fingerprint density at radius 3 is 2.40 bits per heavy atom. The lowest BCUT2D eigenvalue weighted by molar-refractivity contribution is -0.125. The zero-order chi connectivity index (χ0) is 15.5. The number of carbonyl (C=O) groups excluding carboxylic acids is 2. The van der Waals surface area contributed by atoms with Crippen molar-refractivity contribution in [3.8, 4) is 0 Å². The van der Waals surface area contributed by atoms with Crippen LogP contribution in [0.3, 0.4) is 0 Å². The molecule has 0 saturated heterocycles. The van der Waals surface area contributed by atoms with Crippen LogP contribution in [0.4, 0.5) is 4.39 Å². The minimum Gasteiger partial charge on any atom is -0.452 e. The first-order valence-electron chi connectivity index (χ1n) is 5.73. The van der Waals surface area contributed by atoms with Gasteiger partial charge in [-0.05, 0) is 32.9 Å². The van der Waals surface area contributed by atoms with E-state index in [1.54, 1.807) is 20.8 Å². The number of amides is 1. The van der Waals surface area contributed by atoms with Gasteiger partial charge in [-0.25, -0.2) is 9.18 Å². The molecule has 0 aliphatic heterocycles. The lowest BCUT2D eigenvalue weighted by Gasteiger charge is -2.20. The van der Waals surface area contributed by atoms with Gasteiger partial charge in [-0.2, -0.15) is 0 Å². The Morgan fingerprint density at radius 2 is 1.85 bits per heavy atom. The first-order chi connectivity index (χ1) is 9.10. The highest BCUT2D eigenvalue weighted by molar-refractivity contribution is 6.36. The van der Waals surface area contributed by atoms with Gasteiger partial charge >= 0.3 is 5.97 Å². The van der Waals surface area contributed by atoms with Crippen LogP contribution in [-0.2, 0) is 9.53 Å². The second kappa shape index (κ2) is 6.41. The normalized spacial score (nSPS) is 11.1. The molecule has 1 amide bonds. The van der Waals surface area contributed by atoms with Gasteiger partial charge in [-0.3, -0.25) is 4.79 Å². The van der Waals surface area contributed by atoms with Crippen LogP contribution in [0.5, 0.6) is 0 Å². The van der Waals surface area contributed by atoms with Gasteiger partial charge in [-0.1, -0.05) is 23.2 Å². The molecule has 1 aromatic carbocycles. The van der Waals surface area contributed by atoms with E-state index in [9.17, 15) is 14.0 Å². The van der Waals surface area contributed by atoms with Gasteiger partial charge < -0.3 is 10.1 Å². The van der Waals surface area contributed by atoms with Gasteiger partial charge in [0, 0.05) is 5.54 Å². The van der Waals surface area contributed by atoms with Gasteiger partial charge in [0.25, 0.3) is 5.91 Å². The number of ether oxygens (including phenoxy) is 1. The van der Waals surface area contributed by atoms with E-state index in [-0.39, 0.29) is 15.6 Å². The van der Waals surface area contributed by atoms with E-state index in [1.165, 1.54) is 0 Å². The van der Waals surface area contributed by atoms with E-state index in [0.717, 1.165) is 12.1 Å². The maximum absolute atomic E-state index is 13.3. The summed E-state index contributed by atoms with van der Waals surface area (Å²) >= 11 is 11.3. The zero-order valence-corrected chi connectivity index (χ0v) is 12.7. The summed E-state index contributed by atoms with van der Waals surface area (Å²) in [6.07, 6.45) is 0. The maximum atomic E-state index is 13.3. The number of hydrogen-bond acceptors (Lipinski definition) is 3. The van der Waals surface area contributed by atoms with E-state index in [2.05, 4.69) is 5.32 Å². The molecule has 0 aliphatic carbocycles. The SMILES string of the molecule is CC(C)(C)NC(=O)COC(=O)c1cc(F)c(Cl)cc1Cl. The van der Waals surface area contributed by atoms with E-state index in [0.29, 0.717) is 0 Å². The maximum Gasteiger partial charge on any atom is 0.340 e. The summed E-state index contributed by atoms with van der Waals surface area (Å²) in [6, 6.07) is 1.97. The van der Waals surface area contributed by atoms with Crippen molar-refractivity contribution in [3.05, 3.63) is 33.6 Å². The highest BCUT2D eigenvalue weighted by Gasteiger charge is 2.18. The smallest absolute Gasteiger partial charge is 0.340 e. The van der Waals surface area contributed by atoms with Gasteiger partial charge in [0.1, 0.15) is 5.82 Å². The fraction of sp³-hybridized carbons (Fsp3) is 0.385. The molecule has 0 spiro atoms. The molecule has 1 aromatic rings. The minimum atomic E-state index is -0.894. The number of rotatable bonds is 3. The molecule has 110 valence electrons. The molecule has 1 N–H and O–H groups in total. The molecule has 0 radical (unpaired) electrons. The number of esters is 1. The molecule has 1 rings (SSSR count). The molecule has 0 heterocycles. The Labute approximate surface area is 126 Å². The van der Waals surface area contributed by atoms with Crippen molar-refractivity contribution in [1.82, 2.24) is 5.32 Å². The van der Waals surface area contributed by atoms with Gasteiger partial charge in [-0.15, -0.1) is 0 Å². The van der Waals surface area contributed by atoms with Crippen LogP contribution in [0.2, 0.25) is 10.0 Å². The molecular weight excluding hydrogens is 308 g/mol. The number of benzene rings is 1. The average molecular weight is 322 g/mol. The Kier molecular flexibility index (Phi) is 5.36. The highest BCUT2D eigenvalue weighted by atomic mass is 35.5. The van der Waals surface area contributed by atoms with Gasteiger partial charge in [0.2, 0.25) is 0 Å². The van der Waals surface area contributed by atoms with Crippen molar-refractivity contribution < 1.29 is 18.7 Å². The molecular formula is C13H14Cl2FNO3. The number of carbonyl (C=O) groups is 2. The average Bonchev–Trinajstić information content (AvgIpc) is 2.28. The molecule has 0 unspecified atom stereocenters. The van der Waals surface area contributed by atoms with Crippen LogP contribution < -0.4 is 5.32 Å². The van der Waals surface area contributed by atoms with E-state index < -0.39 is 29.8 Å². The predicted molar refractivity (Wildman–Crippen MR) is 74.6 cm³/mol.